The molecule has 10 heteroatoms. The Morgan fingerprint density at radius 3 is 2.67 bits per heavy atom. The molecule has 210 valence electrons. The Morgan fingerprint density at radius 1 is 1.13 bits per heavy atom. The predicted octanol–water partition coefficient (Wildman–Crippen LogP) is 2.69. The number of aliphatic carboxylic acids is 1. The number of nitrogens with zero attached hydrogens (tertiary/aromatic N) is 3. The zero-order valence-electron chi connectivity index (χ0n) is 22.7. The lowest BCUT2D eigenvalue weighted by Gasteiger charge is -2.29. The molecule has 1 aromatic carbocycles. The Labute approximate surface area is 229 Å². The van der Waals surface area contributed by atoms with E-state index >= 15 is 0 Å². The van der Waals surface area contributed by atoms with Crippen molar-refractivity contribution in [3.05, 3.63) is 48.3 Å². The van der Waals surface area contributed by atoms with Gasteiger partial charge in [0.05, 0.1) is 25.7 Å². The summed E-state index contributed by atoms with van der Waals surface area (Å²) in [5.74, 6) is -0.632. The van der Waals surface area contributed by atoms with Crippen LogP contribution in [-0.4, -0.2) is 73.9 Å². The van der Waals surface area contributed by atoms with Crippen LogP contribution in [0, 0.1) is 5.92 Å². The normalized spacial score (nSPS) is 22.9. The number of ether oxygens (including phenoxy) is 4. The summed E-state index contributed by atoms with van der Waals surface area (Å²) in [6, 6.07) is 9.15. The molecule has 0 bridgehead atoms. The van der Waals surface area contributed by atoms with E-state index < -0.39 is 11.9 Å². The van der Waals surface area contributed by atoms with E-state index in [1.807, 2.05) is 64.1 Å². The molecule has 3 aliphatic rings. The molecule has 1 aromatic heterocycles. The first-order valence-electron chi connectivity index (χ1n) is 13.8. The third-order valence-electron chi connectivity index (χ3n) is 7.86. The second kappa shape index (κ2) is 12.3. The summed E-state index contributed by atoms with van der Waals surface area (Å²) >= 11 is 0. The van der Waals surface area contributed by atoms with E-state index in [9.17, 15) is 14.7 Å². The minimum Gasteiger partial charge on any atom is -0.481 e. The maximum Gasteiger partial charge on any atom is 0.308 e. The molecule has 0 aliphatic carbocycles. The Balaban J connectivity index is 1.41. The lowest BCUT2D eigenvalue weighted by atomic mass is 9.83. The fourth-order valence-electron chi connectivity index (χ4n) is 5.92. The monoisotopic (exact) mass is 540 g/mol. The SMILES string of the molecule is CCCCN(C(=O)CN1C[C@H](c2ccc3c(c2)OCO3)[C@@H](C(=O)O)[C@@H]1CCC1OCCO1)c1ccc[n+](C)c1. The highest BCUT2D eigenvalue weighted by Gasteiger charge is 2.47. The van der Waals surface area contributed by atoms with Crippen LogP contribution in [0.4, 0.5) is 5.69 Å². The molecular formula is C29H38N3O7+. The third-order valence-corrected chi connectivity index (χ3v) is 7.86. The zero-order valence-corrected chi connectivity index (χ0v) is 22.7. The number of pyridine rings is 1. The molecule has 0 saturated carbocycles. The van der Waals surface area contributed by atoms with Gasteiger partial charge in [-0.15, -0.1) is 0 Å². The highest BCUT2D eigenvalue weighted by molar-refractivity contribution is 5.94. The summed E-state index contributed by atoms with van der Waals surface area (Å²) in [7, 11) is 1.93. The molecule has 3 atom stereocenters. The van der Waals surface area contributed by atoms with Crippen molar-refractivity contribution in [2.45, 2.75) is 50.9 Å². The number of hydrogen-bond donors (Lipinski definition) is 1. The number of fused-ring (bicyclic) bond motifs is 1. The van der Waals surface area contributed by atoms with Gasteiger partial charge in [-0.2, -0.15) is 0 Å². The van der Waals surface area contributed by atoms with E-state index in [-0.39, 0.29) is 37.5 Å². The lowest BCUT2D eigenvalue weighted by molar-refractivity contribution is -0.670. The Hall–Kier alpha value is -3.21. The minimum atomic E-state index is -0.871. The molecule has 10 nitrogen and oxygen atoms in total. The van der Waals surface area contributed by atoms with Gasteiger partial charge in [0, 0.05) is 31.1 Å². The van der Waals surface area contributed by atoms with Crippen LogP contribution in [0.3, 0.4) is 0 Å². The number of carbonyl (C=O) groups is 2. The number of anilines is 1. The highest BCUT2D eigenvalue weighted by Crippen LogP contribution is 2.43. The van der Waals surface area contributed by atoms with Gasteiger partial charge in [-0.25, -0.2) is 4.57 Å². The summed E-state index contributed by atoms with van der Waals surface area (Å²) in [4.78, 5) is 30.5. The van der Waals surface area contributed by atoms with Crippen molar-refractivity contribution in [1.82, 2.24) is 4.90 Å². The quantitative estimate of drug-likeness (QED) is 0.434. The van der Waals surface area contributed by atoms with E-state index in [1.54, 1.807) is 0 Å². The first-order chi connectivity index (χ1) is 18.9. The van der Waals surface area contributed by atoms with Crippen LogP contribution in [-0.2, 0) is 26.1 Å². The number of unbranched alkanes of at least 4 members (excludes halogenated alkanes) is 1. The second-order valence-corrected chi connectivity index (χ2v) is 10.5. The van der Waals surface area contributed by atoms with Gasteiger partial charge in [-0.3, -0.25) is 14.5 Å². The molecule has 0 unspecified atom stereocenters. The number of carboxylic acids is 1. The van der Waals surface area contributed by atoms with Crippen LogP contribution >= 0.6 is 0 Å². The van der Waals surface area contributed by atoms with E-state index in [0.717, 1.165) is 24.1 Å². The molecule has 39 heavy (non-hydrogen) atoms. The first kappa shape index (κ1) is 27.4. The van der Waals surface area contributed by atoms with Crippen molar-refractivity contribution in [2.75, 3.05) is 44.5 Å². The van der Waals surface area contributed by atoms with Gasteiger partial charge in [0.1, 0.15) is 12.7 Å². The summed E-state index contributed by atoms with van der Waals surface area (Å²) in [6.45, 7) is 4.52. The van der Waals surface area contributed by atoms with Gasteiger partial charge in [0.25, 0.3) is 0 Å². The molecular weight excluding hydrogens is 502 g/mol. The van der Waals surface area contributed by atoms with Crippen LogP contribution in [0.1, 0.15) is 44.1 Å². The number of benzene rings is 1. The fraction of sp³-hybridized carbons (Fsp3) is 0.552. The average Bonchev–Trinajstić information content (AvgIpc) is 3.67. The fourth-order valence-corrected chi connectivity index (χ4v) is 5.92. The lowest BCUT2D eigenvalue weighted by Crippen LogP contribution is -2.45. The molecule has 3 aliphatic heterocycles. The van der Waals surface area contributed by atoms with E-state index in [0.29, 0.717) is 50.6 Å². The van der Waals surface area contributed by atoms with Crippen molar-refractivity contribution in [2.24, 2.45) is 13.0 Å². The maximum absolute atomic E-state index is 13.8. The second-order valence-electron chi connectivity index (χ2n) is 10.5. The molecule has 5 rings (SSSR count). The third kappa shape index (κ3) is 6.18. The summed E-state index contributed by atoms with van der Waals surface area (Å²) < 4.78 is 24.3. The van der Waals surface area contributed by atoms with E-state index in [2.05, 4.69) is 6.92 Å². The first-order valence-corrected chi connectivity index (χ1v) is 13.8. The van der Waals surface area contributed by atoms with Crippen molar-refractivity contribution >= 4 is 17.6 Å². The molecule has 1 amide bonds. The standard InChI is InChI=1S/C29H37N3O7/c1-3-4-12-32(21-6-5-11-30(2)16-21)26(33)18-31-17-22(20-7-9-24-25(15-20)39-19-38-24)28(29(34)35)23(31)8-10-27-36-13-14-37-27/h5-7,9,11,15-16,22-23,27-28H,3-4,8,10,12-14,17-19H2,1-2H3/p+1/t22-,23+,28-/m1/s1. The number of likely N-dealkylation sites (tertiary alicyclic amines) is 1. The summed E-state index contributed by atoms with van der Waals surface area (Å²) in [5.41, 5.74) is 1.71. The molecule has 2 fully saturated rings. The van der Waals surface area contributed by atoms with Crippen molar-refractivity contribution < 1.29 is 38.2 Å². The largest absolute Gasteiger partial charge is 0.481 e. The topological polar surface area (TPSA) is 102 Å². The molecule has 2 saturated heterocycles. The molecule has 1 N–H and O–H groups in total. The van der Waals surface area contributed by atoms with Gasteiger partial charge < -0.3 is 29.0 Å². The van der Waals surface area contributed by atoms with Gasteiger partial charge in [0.2, 0.25) is 12.7 Å². The Kier molecular flexibility index (Phi) is 8.64. The van der Waals surface area contributed by atoms with E-state index in [4.69, 9.17) is 18.9 Å². The van der Waals surface area contributed by atoms with E-state index in [1.165, 1.54) is 0 Å². The number of aromatic nitrogens is 1. The molecule has 2 aromatic rings. The van der Waals surface area contributed by atoms with Gasteiger partial charge >= 0.3 is 5.97 Å². The van der Waals surface area contributed by atoms with Crippen LogP contribution in [0.2, 0.25) is 0 Å². The highest BCUT2D eigenvalue weighted by atomic mass is 16.7. The maximum atomic E-state index is 13.8. The predicted molar refractivity (Wildman–Crippen MR) is 142 cm³/mol. The van der Waals surface area contributed by atoms with Crippen molar-refractivity contribution in [3.8, 4) is 11.5 Å². The molecule has 0 spiro atoms. The van der Waals surface area contributed by atoms with Crippen LogP contribution < -0.4 is 18.9 Å². The number of aryl methyl sites for hydroxylation is 1. The summed E-state index contributed by atoms with van der Waals surface area (Å²) in [5, 5.41) is 10.4. The number of rotatable bonds is 11. The van der Waals surface area contributed by atoms with Gasteiger partial charge in [-0.05, 0) is 43.0 Å². The van der Waals surface area contributed by atoms with Gasteiger partial charge in [0.15, 0.2) is 30.2 Å². The Bertz CT molecular complexity index is 1170. The number of amides is 1. The number of hydrogen-bond acceptors (Lipinski definition) is 7. The number of carboxylic acid groups (broad SMARTS) is 1. The van der Waals surface area contributed by atoms with Gasteiger partial charge in [-0.1, -0.05) is 19.4 Å². The number of carbonyl (C=O) groups excluding carboxylic acids is 1. The van der Waals surface area contributed by atoms with Crippen molar-refractivity contribution in [3.63, 3.8) is 0 Å². The average molecular weight is 541 g/mol. The van der Waals surface area contributed by atoms with Crippen molar-refractivity contribution in [1.29, 1.82) is 0 Å². The molecule has 0 radical (unpaired) electrons. The zero-order chi connectivity index (χ0) is 27.4. The molecule has 4 heterocycles. The van der Waals surface area contributed by atoms with Crippen LogP contribution in [0.5, 0.6) is 11.5 Å². The summed E-state index contributed by atoms with van der Waals surface area (Å²) in [6.07, 6.45) is 6.49. The van der Waals surface area contributed by atoms with Crippen LogP contribution in [0.25, 0.3) is 0 Å². The minimum absolute atomic E-state index is 0.0384. The smallest absolute Gasteiger partial charge is 0.308 e. The Morgan fingerprint density at radius 2 is 1.92 bits per heavy atom. The van der Waals surface area contributed by atoms with Crippen LogP contribution in [0.15, 0.2) is 42.7 Å².